The molecule has 4 rings (SSSR count). The molecule has 0 unspecified atom stereocenters. The number of hydrogen-bond donors (Lipinski definition) is 1. The van der Waals surface area contributed by atoms with Crippen molar-refractivity contribution in [3.8, 4) is 11.5 Å². The molecule has 7 nitrogen and oxygen atoms in total. The van der Waals surface area contributed by atoms with Gasteiger partial charge < -0.3 is 14.8 Å². The molecule has 1 aliphatic rings. The maximum atomic E-state index is 12.5. The molecule has 0 saturated heterocycles. The smallest absolute Gasteiger partial charge is 0.254 e. The third-order valence-corrected chi connectivity index (χ3v) is 4.73. The van der Waals surface area contributed by atoms with Gasteiger partial charge in [0.1, 0.15) is 13.2 Å². The maximum absolute atomic E-state index is 12.5. The number of carbonyl (C=O) groups is 1. The van der Waals surface area contributed by atoms with Crippen molar-refractivity contribution >= 4 is 23.2 Å². The van der Waals surface area contributed by atoms with E-state index in [-0.39, 0.29) is 5.91 Å². The summed E-state index contributed by atoms with van der Waals surface area (Å²) in [5.41, 5.74) is 3.82. The summed E-state index contributed by atoms with van der Waals surface area (Å²) in [5, 5.41) is 7.81. The van der Waals surface area contributed by atoms with Gasteiger partial charge in [-0.1, -0.05) is 11.6 Å². The predicted octanol–water partition coefficient (Wildman–Crippen LogP) is 2.74. The molecule has 0 radical (unpaired) electrons. The molecule has 1 amide bonds. The SMILES string of the molecule is Cc1cc2ncc(C(=O)NCCc3cc(Cl)c4c(c3)OCCO4)c(C)n2n1. The Labute approximate surface area is 161 Å². The topological polar surface area (TPSA) is 77.8 Å². The van der Waals surface area contributed by atoms with Crippen LogP contribution in [-0.2, 0) is 6.42 Å². The standard InChI is InChI=1S/C19H19ClN4O3/c1-11-7-17-22-10-14(12(2)24(17)23-11)19(25)21-4-3-13-8-15(20)18-16(9-13)26-5-6-27-18/h7-10H,3-6H2,1-2H3,(H,21,25). The number of hydrogen-bond acceptors (Lipinski definition) is 5. The van der Waals surface area contributed by atoms with Crippen molar-refractivity contribution in [3.63, 3.8) is 0 Å². The van der Waals surface area contributed by atoms with Crippen LogP contribution < -0.4 is 14.8 Å². The summed E-state index contributed by atoms with van der Waals surface area (Å²) in [6.45, 7) is 5.22. The fourth-order valence-electron chi connectivity index (χ4n) is 3.11. The molecule has 0 fully saturated rings. The van der Waals surface area contributed by atoms with E-state index in [1.165, 1.54) is 0 Å². The van der Waals surface area contributed by atoms with Crippen LogP contribution >= 0.6 is 11.6 Å². The van der Waals surface area contributed by atoms with E-state index in [9.17, 15) is 4.79 Å². The number of benzene rings is 1. The Balaban J connectivity index is 1.44. The van der Waals surface area contributed by atoms with Gasteiger partial charge in [-0.2, -0.15) is 5.10 Å². The van der Waals surface area contributed by atoms with Crippen LogP contribution in [0.15, 0.2) is 24.4 Å². The predicted molar refractivity (Wildman–Crippen MR) is 101 cm³/mol. The first-order valence-corrected chi connectivity index (χ1v) is 9.09. The first-order chi connectivity index (χ1) is 13.0. The van der Waals surface area contributed by atoms with Crippen LogP contribution in [0.4, 0.5) is 0 Å². The number of ether oxygens (including phenoxy) is 2. The van der Waals surface area contributed by atoms with Crippen molar-refractivity contribution in [1.29, 1.82) is 0 Å². The van der Waals surface area contributed by atoms with Gasteiger partial charge in [0.05, 0.1) is 22.0 Å². The van der Waals surface area contributed by atoms with Gasteiger partial charge >= 0.3 is 0 Å². The zero-order valence-electron chi connectivity index (χ0n) is 15.1. The number of nitrogens with zero attached hydrogens (tertiary/aromatic N) is 3. The fraction of sp³-hybridized carbons (Fsp3) is 0.316. The van der Waals surface area contributed by atoms with E-state index in [2.05, 4.69) is 15.4 Å². The van der Waals surface area contributed by atoms with Crippen LogP contribution in [0.2, 0.25) is 5.02 Å². The summed E-state index contributed by atoms with van der Waals surface area (Å²) >= 11 is 6.25. The Hall–Kier alpha value is -2.80. The highest BCUT2D eigenvalue weighted by Gasteiger charge is 2.17. The van der Waals surface area contributed by atoms with Gasteiger partial charge in [-0.25, -0.2) is 9.50 Å². The van der Waals surface area contributed by atoms with Crippen molar-refractivity contribution in [3.05, 3.63) is 51.9 Å². The van der Waals surface area contributed by atoms with Crippen molar-refractivity contribution in [1.82, 2.24) is 19.9 Å². The summed E-state index contributed by atoms with van der Waals surface area (Å²) in [5.74, 6) is 1.05. The lowest BCUT2D eigenvalue weighted by Gasteiger charge is -2.20. The number of aryl methyl sites for hydroxylation is 2. The zero-order valence-corrected chi connectivity index (χ0v) is 15.8. The highest BCUT2D eigenvalue weighted by molar-refractivity contribution is 6.32. The summed E-state index contributed by atoms with van der Waals surface area (Å²) in [4.78, 5) is 16.8. The van der Waals surface area contributed by atoms with E-state index in [1.54, 1.807) is 10.7 Å². The average molecular weight is 387 g/mol. The van der Waals surface area contributed by atoms with Gasteiger partial charge in [0.15, 0.2) is 17.1 Å². The molecule has 0 spiro atoms. The molecule has 8 heteroatoms. The molecule has 0 aliphatic carbocycles. The third-order valence-electron chi connectivity index (χ3n) is 4.45. The molecular formula is C19H19ClN4O3. The number of rotatable bonds is 4. The Morgan fingerprint density at radius 2 is 2.07 bits per heavy atom. The fourth-order valence-corrected chi connectivity index (χ4v) is 3.40. The minimum atomic E-state index is -0.182. The second-order valence-electron chi connectivity index (χ2n) is 6.42. The first kappa shape index (κ1) is 17.6. The van der Waals surface area contributed by atoms with E-state index in [0.717, 1.165) is 22.6 Å². The number of aromatic nitrogens is 3. The normalized spacial score (nSPS) is 13.0. The van der Waals surface area contributed by atoms with Gasteiger partial charge in [-0.3, -0.25) is 4.79 Å². The third kappa shape index (κ3) is 3.42. The van der Waals surface area contributed by atoms with Gasteiger partial charge in [0, 0.05) is 18.8 Å². The van der Waals surface area contributed by atoms with Crippen LogP contribution in [0.25, 0.3) is 5.65 Å². The van der Waals surface area contributed by atoms with Crippen LogP contribution in [-0.4, -0.2) is 40.3 Å². The second kappa shape index (κ2) is 7.08. The van der Waals surface area contributed by atoms with Gasteiger partial charge in [0.25, 0.3) is 5.91 Å². The molecule has 1 N–H and O–H groups in total. The molecule has 0 saturated carbocycles. The number of halogens is 1. The Bertz CT molecular complexity index is 1030. The molecule has 1 aromatic carbocycles. The Morgan fingerprint density at radius 3 is 2.93 bits per heavy atom. The van der Waals surface area contributed by atoms with Crippen LogP contribution in [0, 0.1) is 13.8 Å². The monoisotopic (exact) mass is 386 g/mol. The minimum absolute atomic E-state index is 0.182. The number of carbonyl (C=O) groups excluding carboxylic acids is 1. The lowest BCUT2D eigenvalue weighted by atomic mass is 10.1. The molecule has 140 valence electrons. The number of nitrogens with one attached hydrogen (secondary N) is 1. The lowest BCUT2D eigenvalue weighted by molar-refractivity contribution is 0.0952. The zero-order chi connectivity index (χ0) is 19.0. The second-order valence-corrected chi connectivity index (χ2v) is 6.83. The van der Waals surface area contributed by atoms with Crippen LogP contribution in [0.5, 0.6) is 11.5 Å². The van der Waals surface area contributed by atoms with E-state index in [1.807, 2.05) is 32.0 Å². The van der Waals surface area contributed by atoms with Crippen molar-refractivity contribution < 1.29 is 14.3 Å². The van der Waals surface area contributed by atoms with Gasteiger partial charge in [0.2, 0.25) is 0 Å². The van der Waals surface area contributed by atoms with Crippen molar-refractivity contribution in [2.75, 3.05) is 19.8 Å². The van der Waals surface area contributed by atoms with Crippen LogP contribution in [0.1, 0.15) is 27.3 Å². The van der Waals surface area contributed by atoms with E-state index in [4.69, 9.17) is 21.1 Å². The van der Waals surface area contributed by atoms with Gasteiger partial charge in [-0.05, 0) is 38.0 Å². The molecule has 3 heterocycles. The highest BCUT2D eigenvalue weighted by Crippen LogP contribution is 2.38. The molecule has 0 atom stereocenters. The van der Waals surface area contributed by atoms with Crippen molar-refractivity contribution in [2.45, 2.75) is 20.3 Å². The van der Waals surface area contributed by atoms with Crippen LogP contribution in [0.3, 0.4) is 0 Å². The molecule has 27 heavy (non-hydrogen) atoms. The summed E-state index contributed by atoms with van der Waals surface area (Å²) in [6.07, 6.45) is 2.21. The largest absolute Gasteiger partial charge is 0.486 e. The maximum Gasteiger partial charge on any atom is 0.254 e. The summed E-state index contributed by atoms with van der Waals surface area (Å²) < 4.78 is 12.8. The minimum Gasteiger partial charge on any atom is -0.486 e. The summed E-state index contributed by atoms with van der Waals surface area (Å²) in [6, 6.07) is 5.62. The summed E-state index contributed by atoms with van der Waals surface area (Å²) in [7, 11) is 0. The van der Waals surface area contributed by atoms with Gasteiger partial charge in [-0.15, -0.1) is 0 Å². The van der Waals surface area contributed by atoms with E-state index >= 15 is 0 Å². The van der Waals surface area contributed by atoms with E-state index < -0.39 is 0 Å². The lowest BCUT2D eigenvalue weighted by Crippen LogP contribution is -2.27. The van der Waals surface area contributed by atoms with Crippen molar-refractivity contribution in [2.24, 2.45) is 0 Å². The number of fused-ring (bicyclic) bond motifs is 2. The molecule has 3 aromatic rings. The Morgan fingerprint density at radius 1 is 1.26 bits per heavy atom. The molecule has 2 aromatic heterocycles. The molecular weight excluding hydrogens is 368 g/mol. The average Bonchev–Trinajstić information content (AvgIpc) is 3.03. The number of amides is 1. The Kier molecular flexibility index (Phi) is 4.61. The molecule has 1 aliphatic heterocycles. The first-order valence-electron chi connectivity index (χ1n) is 8.71. The van der Waals surface area contributed by atoms with E-state index in [0.29, 0.717) is 48.3 Å². The quantitative estimate of drug-likeness (QED) is 0.746. The molecule has 0 bridgehead atoms. The highest BCUT2D eigenvalue weighted by atomic mass is 35.5.